The van der Waals surface area contributed by atoms with Crippen LogP contribution in [0, 0.1) is 0 Å². The molecule has 1 saturated heterocycles. The standard InChI is InChI=1S/C23H38N3O8P3S2/c1-2-16(27)6-4-3-5-10-24-19(29)8-12-38-39-13-9-21(31)26-20(30)7-11-25(23(26)32)22-14-17(28)18(34-22)15-33-36-37-35/h7,11,17-18,22,28,36-37H,2-6,8-10,12-15,35H2,1H3,(H,24,29)/t17?,18-,22-/m1/s1. The highest BCUT2D eigenvalue weighted by Gasteiger charge is 2.36. The Labute approximate surface area is 241 Å². The molecule has 0 spiro atoms. The van der Waals surface area contributed by atoms with E-state index < -0.39 is 35.6 Å². The van der Waals surface area contributed by atoms with Gasteiger partial charge in [-0.3, -0.25) is 23.7 Å². The SMILES string of the molecule is CCC(=O)CCCCCNC(=O)CCSSCCC(=O)n1c(=O)ccn([C@H]2CC(O)[C@@H](COPPP)O2)c1=O. The Kier molecular flexibility index (Phi) is 17.3. The Morgan fingerprint density at radius 1 is 1.18 bits per heavy atom. The molecule has 1 aromatic heterocycles. The highest BCUT2D eigenvalue weighted by Crippen LogP contribution is 2.44. The molecule has 0 bridgehead atoms. The average molecular weight is 642 g/mol. The maximum absolute atomic E-state index is 12.9. The summed E-state index contributed by atoms with van der Waals surface area (Å²) in [5.74, 6) is 0.546. The Morgan fingerprint density at radius 3 is 2.64 bits per heavy atom. The third kappa shape index (κ3) is 12.4. The molecule has 1 aliphatic heterocycles. The predicted molar refractivity (Wildman–Crippen MR) is 163 cm³/mol. The summed E-state index contributed by atoms with van der Waals surface area (Å²) in [7, 11) is 6.26. The molecule has 1 fully saturated rings. The lowest BCUT2D eigenvalue weighted by molar-refractivity contribution is -0.121. The van der Waals surface area contributed by atoms with Gasteiger partial charge in [0, 0.05) is 70.9 Å². The van der Waals surface area contributed by atoms with Gasteiger partial charge in [0.2, 0.25) is 11.8 Å². The predicted octanol–water partition coefficient (Wildman–Crippen LogP) is 3.11. The molecule has 0 saturated carbocycles. The number of ether oxygens (including phenoxy) is 1. The molecule has 0 aromatic carbocycles. The maximum atomic E-state index is 12.9. The third-order valence-electron chi connectivity index (χ3n) is 5.90. The molecule has 2 N–H and O–H groups in total. The lowest BCUT2D eigenvalue weighted by Gasteiger charge is -2.17. The maximum Gasteiger partial charge on any atom is 0.340 e. The second-order valence-electron chi connectivity index (χ2n) is 8.76. The topological polar surface area (TPSA) is 146 Å². The number of nitrogens with one attached hydrogen (secondary N) is 1. The van der Waals surface area contributed by atoms with Crippen molar-refractivity contribution in [3.05, 3.63) is 33.1 Å². The van der Waals surface area contributed by atoms with Crippen molar-refractivity contribution in [1.82, 2.24) is 14.5 Å². The Hall–Kier alpha value is -0.640. The summed E-state index contributed by atoms with van der Waals surface area (Å²) in [6.45, 7) is 2.65. The van der Waals surface area contributed by atoms with E-state index in [0.717, 1.165) is 29.9 Å². The van der Waals surface area contributed by atoms with Crippen LogP contribution in [-0.2, 0) is 18.8 Å². The summed E-state index contributed by atoms with van der Waals surface area (Å²) in [5.41, 5.74) is -1.51. The molecule has 4 unspecified atom stereocenters. The van der Waals surface area contributed by atoms with Crippen LogP contribution >= 0.6 is 47.0 Å². The molecule has 2 heterocycles. The number of aliphatic hydroxyl groups is 1. The Bertz CT molecular complexity index is 1060. The molecule has 220 valence electrons. The molecule has 39 heavy (non-hydrogen) atoms. The van der Waals surface area contributed by atoms with Gasteiger partial charge in [0.1, 0.15) is 18.1 Å². The smallest absolute Gasteiger partial charge is 0.340 e. The van der Waals surface area contributed by atoms with E-state index in [1.165, 1.54) is 27.8 Å². The van der Waals surface area contributed by atoms with Crippen molar-refractivity contribution in [3.8, 4) is 0 Å². The van der Waals surface area contributed by atoms with E-state index in [-0.39, 0.29) is 39.6 Å². The normalized spacial score (nSPS) is 19.4. The average Bonchev–Trinajstić information content (AvgIpc) is 3.27. The number of carbonyl (C=O) groups is 3. The zero-order valence-electron chi connectivity index (χ0n) is 22.0. The van der Waals surface area contributed by atoms with Crippen LogP contribution in [0.15, 0.2) is 21.9 Å². The fourth-order valence-electron chi connectivity index (χ4n) is 3.75. The number of nitrogens with zero attached hydrogens (tertiary/aromatic N) is 2. The van der Waals surface area contributed by atoms with Gasteiger partial charge < -0.3 is 19.7 Å². The zero-order valence-corrected chi connectivity index (χ0v) is 26.8. The van der Waals surface area contributed by atoms with Crippen LogP contribution in [0.4, 0.5) is 0 Å². The fraction of sp³-hybridized carbons (Fsp3) is 0.696. The number of aromatic nitrogens is 2. The number of amides is 1. The first-order valence-electron chi connectivity index (χ1n) is 12.8. The number of Topliss-reactive ketones (excluding diaryl/α,β-unsaturated/α-hetero) is 1. The molecule has 1 aliphatic rings. The summed E-state index contributed by atoms with van der Waals surface area (Å²) in [5, 5.41) is 13.1. The van der Waals surface area contributed by atoms with Crippen molar-refractivity contribution in [3.63, 3.8) is 0 Å². The lowest BCUT2D eigenvalue weighted by Crippen LogP contribution is -2.44. The highest BCUT2D eigenvalue weighted by atomic mass is 33.1. The van der Waals surface area contributed by atoms with Crippen molar-refractivity contribution >= 4 is 64.6 Å². The lowest BCUT2D eigenvalue weighted by atomic mass is 10.1. The minimum atomic E-state index is -0.825. The van der Waals surface area contributed by atoms with Gasteiger partial charge in [0.15, 0.2) is 0 Å². The van der Waals surface area contributed by atoms with Crippen molar-refractivity contribution < 1.29 is 28.8 Å². The molecular formula is C23H38N3O8P3S2. The largest absolute Gasteiger partial charge is 0.390 e. The molecule has 0 radical (unpaired) electrons. The van der Waals surface area contributed by atoms with E-state index in [0.29, 0.717) is 49.8 Å². The van der Waals surface area contributed by atoms with Gasteiger partial charge >= 0.3 is 5.69 Å². The molecule has 1 aromatic rings. The number of unbranched alkanes of at least 4 members (excludes halogenated alkanes) is 2. The number of aliphatic hydroxyl groups excluding tert-OH is 1. The van der Waals surface area contributed by atoms with E-state index in [1.807, 2.05) is 6.92 Å². The van der Waals surface area contributed by atoms with Gasteiger partial charge in [-0.15, -0.1) is 8.93 Å². The van der Waals surface area contributed by atoms with Crippen molar-refractivity contribution in [1.29, 1.82) is 0 Å². The Balaban J connectivity index is 1.70. The summed E-state index contributed by atoms with van der Waals surface area (Å²) >= 11 is 0. The van der Waals surface area contributed by atoms with Crippen LogP contribution in [0.5, 0.6) is 0 Å². The second kappa shape index (κ2) is 19.5. The Morgan fingerprint density at radius 2 is 1.92 bits per heavy atom. The molecule has 6 atom stereocenters. The molecule has 1 amide bonds. The first-order valence-corrected chi connectivity index (χ1v) is 20.0. The molecule has 2 rings (SSSR count). The van der Waals surface area contributed by atoms with Crippen LogP contribution in [0.3, 0.4) is 0 Å². The third-order valence-corrected chi connectivity index (χ3v) is 10.6. The minimum absolute atomic E-state index is 0.0229. The summed E-state index contributed by atoms with van der Waals surface area (Å²) in [4.78, 5) is 61.1. The van der Waals surface area contributed by atoms with Crippen molar-refractivity contribution in [2.75, 3.05) is 24.7 Å². The van der Waals surface area contributed by atoms with Gasteiger partial charge in [-0.2, -0.15) is 4.57 Å². The molecular weight excluding hydrogens is 603 g/mol. The van der Waals surface area contributed by atoms with E-state index in [4.69, 9.17) is 9.26 Å². The van der Waals surface area contributed by atoms with Crippen molar-refractivity contribution in [2.24, 2.45) is 0 Å². The minimum Gasteiger partial charge on any atom is -0.390 e. The van der Waals surface area contributed by atoms with E-state index >= 15 is 0 Å². The van der Waals surface area contributed by atoms with Gasteiger partial charge in [0.25, 0.3) is 5.56 Å². The summed E-state index contributed by atoms with van der Waals surface area (Å²) < 4.78 is 13.0. The van der Waals surface area contributed by atoms with Crippen LogP contribution in [0.2, 0.25) is 0 Å². The van der Waals surface area contributed by atoms with E-state index in [9.17, 15) is 29.1 Å². The van der Waals surface area contributed by atoms with Crippen LogP contribution < -0.4 is 16.6 Å². The van der Waals surface area contributed by atoms with Gasteiger partial charge in [0.05, 0.1) is 12.7 Å². The monoisotopic (exact) mass is 641 g/mol. The molecule has 11 nitrogen and oxygen atoms in total. The first-order chi connectivity index (χ1) is 18.8. The number of hydrogen-bond acceptors (Lipinski definition) is 10. The fourth-order valence-corrected chi connectivity index (χ4v) is 7.30. The van der Waals surface area contributed by atoms with Crippen LogP contribution in [0.25, 0.3) is 0 Å². The molecule has 16 heteroatoms. The van der Waals surface area contributed by atoms with Crippen LogP contribution in [-0.4, -0.2) is 68.7 Å². The number of carbonyl (C=O) groups excluding carboxylic acids is 3. The quantitative estimate of drug-likeness (QED) is 0.131. The number of ketones is 1. The summed E-state index contributed by atoms with van der Waals surface area (Å²) in [6.07, 6.45) is 3.30. The summed E-state index contributed by atoms with van der Waals surface area (Å²) in [6, 6.07) is 1.14. The number of rotatable bonds is 19. The van der Waals surface area contributed by atoms with Gasteiger partial charge in [-0.1, -0.05) is 42.9 Å². The first kappa shape index (κ1) is 34.6. The van der Waals surface area contributed by atoms with Gasteiger partial charge in [-0.05, 0) is 12.8 Å². The second-order valence-corrected chi connectivity index (χ2v) is 16.3. The highest BCUT2D eigenvalue weighted by molar-refractivity contribution is 8.76. The van der Waals surface area contributed by atoms with Crippen molar-refractivity contribution in [2.45, 2.75) is 76.7 Å². The van der Waals surface area contributed by atoms with Crippen LogP contribution in [0.1, 0.15) is 69.3 Å². The zero-order chi connectivity index (χ0) is 28.6. The van der Waals surface area contributed by atoms with E-state index in [1.54, 1.807) is 0 Å². The van der Waals surface area contributed by atoms with Gasteiger partial charge in [-0.25, -0.2) is 4.79 Å². The van der Waals surface area contributed by atoms with E-state index in [2.05, 4.69) is 14.2 Å². The molecule has 0 aliphatic carbocycles. The number of hydrogen-bond donors (Lipinski definition) is 2.